The number of aromatic nitrogens is 1. The summed E-state index contributed by atoms with van der Waals surface area (Å²) in [5, 5.41) is 3.46. The van der Waals surface area contributed by atoms with Crippen molar-refractivity contribution in [3.63, 3.8) is 0 Å². The second-order valence-electron chi connectivity index (χ2n) is 7.40. The molecule has 27 heavy (non-hydrogen) atoms. The maximum absolute atomic E-state index is 13.4. The Hall–Kier alpha value is -2.20. The fourth-order valence-corrected chi connectivity index (χ4v) is 3.95. The van der Waals surface area contributed by atoms with E-state index in [4.69, 9.17) is 0 Å². The van der Waals surface area contributed by atoms with Crippen molar-refractivity contribution in [3.8, 4) is 0 Å². The zero-order chi connectivity index (χ0) is 18.9. The van der Waals surface area contributed by atoms with Crippen LogP contribution >= 0.6 is 0 Å². The minimum Gasteiger partial charge on any atom is -0.334 e. The van der Waals surface area contributed by atoms with Crippen LogP contribution in [0.15, 0.2) is 54.7 Å². The summed E-state index contributed by atoms with van der Waals surface area (Å²) in [6.45, 7) is 4.80. The number of carbonyl (C=O) groups excluding carboxylic acids is 1. The first-order chi connectivity index (χ1) is 13.3. The molecule has 0 spiro atoms. The Morgan fingerprint density at radius 2 is 1.96 bits per heavy atom. The average Bonchev–Trinajstić information content (AvgIpc) is 3.01. The Balaban J connectivity index is 1.76. The van der Waals surface area contributed by atoms with E-state index in [1.807, 2.05) is 30.5 Å². The van der Waals surface area contributed by atoms with Crippen LogP contribution in [-0.2, 0) is 11.3 Å². The monoisotopic (exact) mass is 365 g/mol. The molecular weight excluding hydrogens is 334 g/mol. The lowest BCUT2D eigenvalue weighted by atomic mass is 9.92. The maximum Gasteiger partial charge on any atom is 0.223 e. The van der Waals surface area contributed by atoms with E-state index in [0.29, 0.717) is 19.0 Å². The van der Waals surface area contributed by atoms with E-state index in [-0.39, 0.29) is 11.8 Å². The fourth-order valence-electron chi connectivity index (χ4n) is 3.95. The van der Waals surface area contributed by atoms with Gasteiger partial charge in [0.25, 0.3) is 0 Å². The molecule has 1 aromatic carbocycles. The Morgan fingerprint density at radius 3 is 2.70 bits per heavy atom. The highest BCUT2D eigenvalue weighted by atomic mass is 16.2. The van der Waals surface area contributed by atoms with Gasteiger partial charge in [0, 0.05) is 18.7 Å². The summed E-state index contributed by atoms with van der Waals surface area (Å²) >= 11 is 0. The normalized spacial score (nSPS) is 18.5. The van der Waals surface area contributed by atoms with Gasteiger partial charge in [-0.25, -0.2) is 0 Å². The number of carbonyl (C=O) groups is 1. The van der Waals surface area contributed by atoms with Crippen LogP contribution in [0.3, 0.4) is 0 Å². The highest BCUT2D eigenvalue weighted by Crippen LogP contribution is 2.26. The first-order valence-electron chi connectivity index (χ1n) is 10.2. The summed E-state index contributed by atoms with van der Waals surface area (Å²) in [4.78, 5) is 19.9. The summed E-state index contributed by atoms with van der Waals surface area (Å²) in [5.41, 5.74) is 2.23. The van der Waals surface area contributed by atoms with Crippen LogP contribution in [0, 0.1) is 0 Å². The van der Waals surface area contributed by atoms with Gasteiger partial charge in [-0.1, -0.05) is 43.3 Å². The summed E-state index contributed by atoms with van der Waals surface area (Å²) in [5.74, 6) is 0.525. The van der Waals surface area contributed by atoms with Gasteiger partial charge in [-0.3, -0.25) is 9.78 Å². The molecule has 1 saturated heterocycles. The molecule has 2 heterocycles. The zero-order valence-electron chi connectivity index (χ0n) is 16.3. The van der Waals surface area contributed by atoms with Gasteiger partial charge in [-0.2, -0.15) is 0 Å². The highest BCUT2D eigenvalue weighted by Gasteiger charge is 2.27. The van der Waals surface area contributed by atoms with Crippen LogP contribution in [0.4, 0.5) is 0 Å². The van der Waals surface area contributed by atoms with Crippen LogP contribution in [-0.4, -0.2) is 34.9 Å². The van der Waals surface area contributed by atoms with Gasteiger partial charge in [0.2, 0.25) is 5.91 Å². The molecule has 1 aliphatic rings. The number of hydrogen-bond donors (Lipinski definition) is 1. The lowest BCUT2D eigenvalue weighted by molar-refractivity contribution is -0.135. The van der Waals surface area contributed by atoms with E-state index in [9.17, 15) is 4.79 Å². The molecule has 0 radical (unpaired) electrons. The quantitative estimate of drug-likeness (QED) is 0.802. The van der Waals surface area contributed by atoms with Gasteiger partial charge in [0.15, 0.2) is 0 Å². The van der Waals surface area contributed by atoms with Gasteiger partial charge in [0.1, 0.15) is 0 Å². The van der Waals surface area contributed by atoms with Crippen molar-refractivity contribution in [1.29, 1.82) is 0 Å². The smallest absolute Gasteiger partial charge is 0.223 e. The molecule has 1 aromatic heterocycles. The highest BCUT2D eigenvalue weighted by molar-refractivity contribution is 5.77. The molecular formula is C23H31N3O. The number of pyridine rings is 1. The lowest BCUT2D eigenvalue weighted by Gasteiger charge is -2.32. The van der Waals surface area contributed by atoms with Crippen molar-refractivity contribution < 1.29 is 4.79 Å². The largest absolute Gasteiger partial charge is 0.334 e. The number of benzene rings is 1. The van der Waals surface area contributed by atoms with Crippen molar-refractivity contribution in [3.05, 3.63) is 66.0 Å². The number of nitrogens with zero attached hydrogens (tertiary/aromatic N) is 2. The molecule has 2 aromatic rings. The SMILES string of the molecule is CCC(CC(=O)N(Cc1ccccn1)C1CCCNCC1)c1ccccc1. The molecule has 1 aliphatic heterocycles. The molecule has 3 rings (SSSR count). The standard InChI is InChI=1S/C23H31N3O/c1-2-19(20-9-4-3-5-10-20)17-23(27)26(18-21-11-6-7-15-25-21)22-12-8-14-24-16-13-22/h3-7,9-11,15,19,22,24H,2,8,12-14,16-18H2,1H3. The van der Waals surface area contributed by atoms with Crippen molar-refractivity contribution >= 4 is 5.91 Å². The van der Waals surface area contributed by atoms with Gasteiger partial charge in [-0.05, 0) is 62.4 Å². The summed E-state index contributed by atoms with van der Waals surface area (Å²) in [6, 6.07) is 16.7. The molecule has 1 N–H and O–H groups in total. The molecule has 2 atom stereocenters. The Morgan fingerprint density at radius 1 is 1.15 bits per heavy atom. The predicted molar refractivity (Wildman–Crippen MR) is 109 cm³/mol. The lowest BCUT2D eigenvalue weighted by Crippen LogP contribution is -2.41. The van der Waals surface area contributed by atoms with Gasteiger partial charge in [0.05, 0.1) is 12.2 Å². The van der Waals surface area contributed by atoms with Crippen molar-refractivity contribution in [2.75, 3.05) is 13.1 Å². The van der Waals surface area contributed by atoms with Crippen LogP contribution in [0.2, 0.25) is 0 Å². The molecule has 0 bridgehead atoms. The van der Waals surface area contributed by atoms with Gasteiger partial charge >= 0.3 is 0 Å². The Labute approximate surface area is 163 Å². The third-order valence-electron chi connectivity index (χ3n) is 5.55. The van der Waals surface area contributed by atoms with E-state index in [1.54, 1.807) is 0 Å². The van der Waals surface area contributed by atoms with Crippen molar-refractivity contribution in [1.82, 2.24) is 15.2 Å². The van der Waals surface area contributed by atoms with E-state index in [1.165, 1.54) is 5.56 Å². The maximum atomic E-state index is 13.4. The molecule has 0 aliphatic carbocycles. The van der Waals surface area contributed by atoms with E-state index in [0.717, 1.165) is 44.5 Å². The van der Waals surface area contributed by atoms with E-state index in [2.05, 4.69) is 46.4 Å². The van der Waals surface area contributed by atoms with Crippen molar-refractivity contribution in [2.45, 2.75) is 57.5 Å². The van der Waals surface area contributed by atoms with Crippen molar-refractivity contribution in [2.24, 2.45) is 0 Å². The van der Waals surface area contributed by atoms with E-state index < -0.39 is 0 Å². The van der Waals surface area contributed by atoms with E-state index >= 15 is 0 Å². The fraction of sp³-hybridized carbons (Fsp3) is 0.478. The predicted octanol–water partition coefficient (Wildman–Crippen LogP) is 4.14. The average molecular weight is 366 g/mol. The van der Waals surface area contributed by atoms with Crippen LogP contribution in [0.1, 0.15) is 56.2 Å². The van der Waals surface area contributed by atoms with Crippen LogP contribution in [0.25, 0.3) is 0 Å². The second-order valence-corrected chi connectivity index (χ2v) is 7.40. The first kappa shape index (κ1) is 19.6. The molecule has 2 unspecified atom stereocenters. The second kappa shape index (κ2) is 10.2. The molecule has 4 heteroatoms. The third kappa shape index (κ3) is 5.64. The van der Waals surface area contributed by atoms with Crippen LogP contribution < -0.4 is 5.32 Å². The molecule has 1 fully saturated rings. The summed E-state index contributed by atoms with van der Waals surface area (Å²) in [7, 11) is 0. The summed E-state index contributed by atoms with van der Waals surface area (Å²) in [6.07, 6.45) is 6.54. The van der Waals surface area contributed by atoms with Gasteiger partial charge < -0.3 is 10.2 Å². The summed E-state index contributed by atoms with van der Waals surface area (Å²) < 4.78 is 0. The number of nitrogens with one attached hydrogen (secondary N) is 1. The topological polar surface area (TPSA) is 45.2 Å². The van der Waals surface area contributed by atoms with Crippen LogP contribution in [0.5, 0.6) is 0 Å². The Kier molecular flexibility index (Phi) is 7.40. The number of hydrogen-bond acceptors (Lipinski definition) is 3. The molecule has 1 amide bonds. The van der Waals surface area contributed by atoms with Gasteiger partial charge in [-0.15, -0.1) is 0 Å². The third-order valence-corrected chi connectivity index (χ3v) is 5.55. The molecule has 4 nitrogen and oxygen atoms in total. The zero-order valence-corrected chi connectivity index (χ0v) is 16.3. The number of amides is 1. The molecule has 144 valence electrons. The Bertz CT molecular complexity index is 681. The number of rotatable bonds is 7. The molecule has 0 saturated carbocycles. The minimum absolute atomic E-state index is 0.253. The minimum atomic E-state index is 0.253. The first-order valence-corrected chi connectivity index (χ1v) is 10.2.